The van der Waals surface area contributed by atoms with Gasteiger partial charge in [0.15, 0.2) is 5.65 Å². The number of hydrogen-bond acceptors (Lipinski definition) is 4. The van der Waals surface area contributed by atoms with Crippen LogP contribution in [0.5, 0.6) is 0 Å². The van der Waals surface area contributed by atoms with E-state index in [0.29, 0.717) is 5.65 Å². The summed E-state index contributed by atoms with van der Waals surface area (Å²) in [5.41, 5.74) is 10.6. The van der Waals surface area contributed by atoms with Crippen molar-refractivity contribution in [3.8, 4) is 0 Å². The number of fused-ring (bicyclic) bond motifs is 1. The third-order valence-electron chi connectivity index (χ3n) is 3.72. The van der Waals surface area contributed by atoms with Gasteiger partial charge < -0.3 is 5.73 Å². The summed E-state index contributed by atoms with van der Waals surface area (Å²) >= 11 is 0. The van der Waals surface area contributed by atoms with E-state index in [2.05, 4.69) is 53.2 Å². The maximum atomic E-state index is 5.77. The quantitative estimate of drug-likeness (QED) is 0.722. The predicted molar refractivity (Wildman–Crippen MR) is 98.2 cm³/mol. The second-order valence-electron chi connectivity index (χ2n) is 5.43. The molecule has 0 aliphatic carbocycles. The molecular weight excluding hydrogens is 298 g/mol. The summed E-state index contributed by atoms with van der Waals surface area (Å²) in [6.07, 6.45) is 9.73. The molecule has 1 aromatic carbocycles. The minimum absolute atomic E-state index is 0.251. The van der Waals surface area contributed by atoms with E-state index in [4.69, 9.17) is 5.73 Å². The van der Waals surface area contributed by atoms with Crippen molar-refractivity contribution in [2.24, 2.45) is 0 Å². The molecule has 0 unspecified atom stereocenters. The lowest BCUT2D eigenvalue weighted by Crippen LogP contribution is -1.99. The molecule has 5 heteroatoms. The van der Waals surface area contributed by atoms with E-state index in [9.17, 15) is 0 Å². The second kappa shape index (κ2) is 7.08. The Morgan fingerprint density at radius 1 is 1.08 bits per heavy atom. The van der Waals surface area contributed by atoms with Gasteiger partial charge in [-0.3, -0.25) is 4.98 Å². The number of anilines is 1. The summed E-state index contributed by atoms with van der Waals surface area (Å²) in [6.45, 7) is 4.25. The first-order valence-electron chi connectivity index (χ1n) is 8.18. The van der Waals surface area contributed by atoms with Crippen LogP contribution >= 0.6 is 0 Å². The minimum Gasteiger partial charge on any atom is -0.366 e. The van der Waals surface area contributed by atoms with E-state index in [1.807, 2.05) is 18.2 Å². The molecule has 24 heavy (non-hydrogen) atoms. The number of aromatic nitrogens is 4. The molecule has 0 amide bonds. The van der Waals surface area contributed by atoms with Crippen LogP contribution in [0.4, 0.5) is 5.95 Å². The Hall–Kier alpha value is -2.95. The lowest BCUT2D eigenvalue weighted by atomic mass is 9.93. The number of nitrogens with two attached hydrogens (primary N) is 1. The standard InChI is InChI=1S/C19H21N5/c1-3-8-15(14-10-6-5-7-11-14)16(9-4-2)17-18-22-19(20)23-24(18)13-12-21-17/h5-13H,3-4H2,1-2H3,(H2,20,23)/b15-8-,16-9+. The first-order valence-corrected chi connectivity index (χ1v) is 8.18. The third kappa shape index (κ3) is 3.06. The summed E-state index contributed by atoms with van der Waals surface area (Å²) in [5.74, 6) is 0.251. The molecule has 0 saturated heterocycles. The first kappa shape index (κ1) is 15.9. The highest BCUT2D eigenvalue weighted by Gasteiger charge is 2.16. The zero-order chi connectivity index (χ0) is 16.9. The maximum absolute atomic E-state index is 5.77. The van der Waals surface area contributed by atoms with Crippen LogP contribution in [0.3, 0.4) is 0 Å². The van der Waals surface area contributed by atoms with Gasteiger partial charge in [-0.25, -0.2) is 4.52 Å². The SMILES string of the molecule is CC/C=C(\C(=C/CC)c1nccn2nc(N)nc12)c1ccccc1. The highest BCUT2D eigenvalue weighted by molar-refractivity contribution is 6.06. The number of nitrogen functional groups attached to an aromatic ring is 1. The zero-order valence-electron chi connectivity index (χ0n) is 14.0. The molecule has 3 rings (SSSR count). The molecular formula is C19H21N5. The average molecular weight is 319 g/mol. The molecule has 0 saturated carbocycles. The van der Waals surface area contributed by atoms with E-state index in [0.717, 1.165) is 35.2 Å². The predicted octanol–water partition coefficient (Wildman–Crippen LogP) is 3.99. The van der Waals surface area contributed by atoms with Crippen molar-refractivity contribution in [1.29, 1.82) is 0 Å². The highest BCUT2D eigenvalue weighted by Crippen LogP contribution is 2.32. The summed E-state index contributed by atoms with van der Waals surface area (Å²) in [4.78, 5) is 8.93. The van der Waals surface area contributed by atoms with E-state index in [-0.39, 0.29) is 5.95 Å². The fourth-order valence-electron chi connectivity index (χ4n) is 2.77. The molecule has 2 N–H and O–H groups in total. The summed E-state index contributed by atoms with van der Waals surface area (Å²) in [6, 6.07) is 10.3. The molecule has 0 bridgehead atoms. The fraction of sp³-hybridized carbons (Fsp3) is 0.211. The number of allylic oxidation sites excluding steroid dienone is 4. The van der Waals surface area contributed by atoms with Crippen LogP contribution in [0.15, 0.2) is 54.9 Å². The Bertz CT molecular complexity index is 891. The summed E-state index contributed by atoms with van der Waals surface area (Å²) < 4.78 is 1.68. The van der Waals surface area contributed by atoms with Crippen molar-refractivity contribution in [3.05, 3.63) is 66.1 Å². The van der Waals surface area contributed by atoms with Crippen molar-refractivity contribution < 1.29 is 0 Å². The normalized spacial score (nSPS) is 12.8. The van der Waals surface area contributed by atoms with Crippen LogP contribution in [0.2, 0.25) is 0 Å². The fourth-order valence-corrected chi connectivity index (χ4v) is 2.77. The zero-order valence-corrected chi connectivity index (χ0v) is 14.0. The number of rotatable bonds is 5. The maximum Gasteiger partial charge on any atom is 0.240 e. The van der Waals surface area contributed by atoms with Crippen molar-refractivity contribution >= 4 is 22.7 Å². The molecule has 0 aliphatic heterocycles. The molecule has 0 atom stereocenters. The van der Waals surface area contributed by atoms with Gasteiger partial charge in [-0.05, 0) is 24.0 Å². The molecule has 2 heterocycles. The minimum atomic E-state index is 0.251. The van der Waals surface area contributed by atoms with Crippen LogP contribution in [-0.4, -0.2) is 19.6 Å². The van der Waals surface area contributed by atoms with Gasteiger partial charge in [-0.15, -0.1) is 5.10 Å². The van der Waals surface area contributed by atoms with Gasteiger partial charge in [-0.2, -0.15) is 4.98 Å². The molecule has 0 radical (unpaired) electrons. The Balaban J connectivity index is 2.22. The van der Waals surface area contributed by atoms with E-state index < -0.39 is 0 Å². The molecule has 2 aromatic heterocycles. The molecule has 0 spiro atoms. The van der Waals surface area contributed by atoms with Crippen LogP contribution in [0.1, 0.15) is 37.9 Å². The first-order chi connectivity index (χ1) is 11.7. The van der Waals surface area contributed by atoms with Crippen LogP contribution in [0.25, 0.3) is 16.8 Å². The lowest BCUT2D eigenvalue weighted by molar-refractivity contribution is 0.947. The highest BCUT2D eigenvalue weighted by atomic mass is 15.3. The van der Waals surface area contributed by atoms with Gasteiger partial charge in [0.1, 0.15) is 5.69 Å². The second-order valence-corrected chi connectivity index (χ2v) is 5.43. The topological polar surface area (TPSA) is 69.1 Å². The van der Waals surface area contributed by atoms with E-state index >= 15 is 0 Å². The monoisotopic (exact) mass is 319 g/mol. The smallest absolute Gasteiger partial charge is 0.240 e. The number of benzene rings is 1. The Morgan fingerprint density at radius 2 is 1.79 bits per heavy atom. The van der Waals surface area contributed by atoms with Crippen molar-refractivity contribution in [3.63, 3.8) is 0 Å². The van der Waals surface area contributed by atoms with Gasteiger partial charge >= 0.3 is 0 Å². The van der Waals surface area contributed by atoms with E-state index in [1.54, 1.807) is 16.9 Å². The van der Waals surface area contributed by atoms with Crippen LogP contribution < -0.4 is 5.73 Å². The molecule has 0 fully saturated rings. The van der Waals surface area contributed by atoms with Gasteiger partial charge in [0.2, 0.25) is 5.95 Å². The van der Waals surface area contributed by atoms with Gasteiger partial charge in [0.05, 0.1) is 0 Å². The van der Waals surface area contributed by atoms with Crippen molar-refractivity contribution in [2.45, 2.75) is 26.7 Å². The number of hydrogen-bond donors (Lipinski definition) is 1. The van der Waals surface area contributed by atoms with E-state index in [1.165, 1.54) is 0 Å². The largest absolute Gasteiger partial charge is 0.366 e. The molecule has 3 aromatic rings. The van der Waals surface area contributed by atoms with Gasteiger partial charge in [0.25, 0.3) is 0 Å². The van der Waals surface area contributed by atoms with Crippen LogP contribution in [0, 0.1) is 0 Å². The van der Waals surface area contributed by atoms with Crippen molar-refractivity contribution in [2.75, 3.05) is 5.73 Å². The van der Waals surface area contributed by atoms with Crippen molar-refractivity contribution in [1.82, 2.24) is 19.6 Å². The lowest BCUT2D eigenvalue weighted by Gasteiger charge is -2.13. The van der Waals surface area contributed by atoms with Gasteiger partial charge in [0, 0.05) is 18.0 Å². The molecule has 0 aliphatic rings. The van der Waals surface area contributed by atoms with Crippen LogP contribution in [-0.2, 0) is 0 Å². The average Bonchev–Trinajstić information content (AvgIpc) is 2.99. The molecule has 122 valence electrons. The Kier molecular flexibility index (Phi) is 4.70. The summed E-state index contributed by atoms with van der Waals surface area (Å²) in [5, 5.41) is 4.19. The Labute approximate surface area is 141 Å². The summed E-state index contributed by atoms with van der Waals surface area (Å²) in [7, 11) is 0. The Morgan fingerprint density at radius 3 is 2.50 bits per heavy atom. The number of nitrogens with zero attached hydrogens (tertiary/aromatic N) is 4. The molecule has 5 nitrogen and oxygen atoms in total. The van der Waals surface area contributed by atoms with Gasteiger partial charge in [-0.1, -0.05) is 56.3 Å². The third-order valence-corrected chi connectivity index (χ3v) is 3.72.